The number of carbonyl (C=O) groups is 1. The molecule has 0 saturated carbocycles. The van der Waals surface area contributed by atoms with Crippen LogP contribution in [0.5, 0.6) is 23.0 Å². The Morgan fingerprint density at radius 2 is 1.70 bits per heavy atom. The molecule has 2 aliphatic rings. The fourth-order valence-electron chi connectivity index (χ4n) is 4.35. The van der Waals surface area contributed by atoms with Crippen molar-refractivity contribution < 1.29 is 28.3 Å². The Kier molecular flexibility index (Phi) is 7.04. The molecule has 0 saturated heterocycles. The maximum Gasteiger partial charge on any atom is 0.257 e. The molecule has 0 spiro atoms. The van der Waals surface area contributed by atoms with Crippen LogP contribution in [-0.4, -0.2) is 27.4 Å². The van der Waals surface area contributed by atoms with Gasteiger partial charge in [0.2, 0.25) is 0 Å². The van der Waals surface area contributed by atoms with E-state index < -0.39 is 16.6 Å². The van der Waals surface area contributed by atoms with Crippen LogP contribution in [0.25, 0.3) is 4.91 Å². The zero-order chi connectivity index (χ0) is 26.0. The summed E-state index contributed by atoms with van der Waals surface area (Å²) < 4.78 is 32.6. The zero-order valence-corrected chi connectivity index (χ0v) is 21.5. The number of amides is 1. The third kappa shape index (κ3) is 6.03. The Balaban J connectivity index is 1.23. The summed E-state index contributed by atoms with van der Waals surface area (Å²) in [5.41, 5.74) is 2.20. The van der Waals surface area contributed by atoms with Crippen molar-refractivity contribution in [1.82, 2.24) is 4.72 Å². The number of ether oxygens (including phenoxy) is 3. The van der Waals surface area contributed by atoms with E-state index >= 15 is 0 Å². The van der Waals surface area contributed by atoms with Gasteiger partial charge in [-0.15, -0.1) is 0 Å². The minimum atomic E-state index is -1.52. The van der Waals surface area contributed by atoms with E-state index in [2.05, 4.69) is 10.8 Å². The lowest BCUT2D eigenvalue weighted by Gasteiger charge is -2.17. The predicted octanol–water partition coefficient (Wildman–Crippen LogP) is 5.22. The van der Waals surface area contributed by atoms with Crippen molar-refractivity contribution in [2.75, 3.05) is 6.61 Å². The Labute approximate surface area is 218 Å². The number of rotatable bonds is 9. The average Bonchev–Trinajstić information content (AvgIpc) is 3.42. The number of hydrogen-bond donors (Lipinski definition) is 2. The van der Waals surface area contributed by atoms with Gasteiger partial charge in [-0.05, 0) is 80.3 Å². The predicted molar refractivity (Wildman–Crippen MR) is 142 cm³/mol. The number of carbonyl (C=O) groups excluding carboxylic acids is 1. The van der Waals surface area contributed by atoms with E-state index in [0.29, 0.717) is 23.7 Å². The average molecular weight is 520 g/mol. The van der Waals surface area contributed by atoms with Crippen LogP contribution in [0.3, 0.4) is 0 Å². The molecule has 0 radical (unpaired) electrons. The van der Waals surface area contributed by atoms with Crippen molar-refractivity contribution in [3.8, 4) is 23.0 Å². The van der Waals surface area contributed by atoms with Crippen LogP contribution in [-0.2, 0) is 22.2 Å². The molecule has 37 heavy (non-hydrogen) atoms. The second-order valence-electron chi connectivity index (χ2n) is 9.72. The molecule has 3 aromatic carbocycles. The van der Waals surface area contributed by atoms with E-state index in [4.69, 9.17) is 14.2 Å². The molecule has 192 valence electrons. The summed E-state index contributed by atoms with van der Waals surface area (Å²) in [4.78, 5) is 11.9. The first-order chi connectivity index (χ1) is 17.7. The Morgan fingerprint density at radius 1 is 1.00 bits per heavy atom. The van der Waals surface area contributed by atoms with Gasteiger partial charge in [0, 0.05) is 18.1 Å². The highest BCUT2D eigenvalue weighted by Crippen LogP contribution is 2.41. The molecule has 1 heterocycles. The van der Waals surface area contributed by atoms with Gasteiger partial charge in [-0.1, -0.05) is 24.3 Å². The van der Waals surface area contributed by atoms with Crippen molar-refractivity contribution in [2.24, 2.45) is 0 Å². The third-order valence-electron chi connectivity index (χ3n) is 6.28. The summed E-state index contributed by atoms with van der Waals surface area (Å²) in [5.74, 6) is 2.61. The molecule has 1 aliphatic heterocycles. The monoisotopic (exact) mass is 519 g/mol. The highest BCUT2D eigenvalue weighted by atomic mass is 32.2. The Morgan fingerprint density at radius 3 is 2.38 bits per heavy atom. The molecule has 1 aliphatic carbocycles. The molecular weight excluding hydrogens is 490 g/mol. The van der Waals surface area contributed by atoms with Crippen molar-refractivity contribution in [3.63, 3.8) is 0 Å². The van der Waals surface area contributed by atoms with E-state index in [1.165, 1.54) is 6.08 Å². The van der Waals surface area contributed by atoms with Crippen LogP contribution in [0, 0.1) is 0 Å². The molecule has 0 aromatic heterocycles. The van der Waals surface area contributed by atoms with Crippen LogP contribution in [0.2, 0.25) is 0 Å². The first-order valence-electron chi connectivity index (χ1n) is 12.2. The van der Waals surface area contributed by atoms with Crippen molar-refractivity contribution in [3.05, 3.63) is 89.5 Å². The molecule has 0 bridgehead atoms. The summed E-state index contributed by atoms with van der Waals surface area (Å²) in [7, 11) is -1.52. The van der Waals surface area contributed by atoms with Gasteiger partial charge < -0.3 is 19.3 Å². The fourth-order valence-corrected chi connectivity index (χ4v) is 5.27. The van der Waals surface area contributed by atoms with Crippen LogP contribution < -0.4 is 18.9 Å². The Bertz CT molecular complexity index is 1340. The number of fused-ring (bicyclic) bond motifs is 1. The van der Waals surface area contributed by atoms with Gasteiger partial charge in [-0.25, -0.2) is 4.21 Å². The lowest BCUT2D eigenvalue weighted by atomic mass is 10.1. The number of benzene rings is 3. The van der Waals surface area contributed by atoms with Gasteiger partial charge in [0.15, 0.2) is 11.0 Å². The van der Waals surface area contributed by atoms with Crippen molar-refractivity contribution >= 4 is 21.8 Å². The quantitative estimate of drug-likeness (QED) is 0.403. The van der Waals surface area contributed by atoms with Crippen LogP contribution in [0.4, 0.5) is 0 Å². The second kappa shape index (κ2) is 10.4. The van der Waals surface area contributed by atoms with Crippen LogP contribution in [0.1, 0.15) is 49.5 Å². The number of nitrogens with one attached hydrogen (secondary N) is 1. The lowest BCUT2D eigenvalue weighted by Crippen LogP contribution is -2.21. The molecular formula is C29H29NO6S. The summed E-state index contributed by atoms with van der Waals surface area (Å²) in [6.45, 7) is 3.96. The van der Waals surface area contributed by atoms with Gasteiger partial charge in [0.1, 0.15) is 29.1 Å². The number of aliphatic hydroxyl groups is 1. The fraction of sp³-hybridized carbons (Fsp3) is 0.276. The molecule has 1 unspecified atom stereocenters. The third-order valence-corrected chi connectivity index (χ3v) is 7.42. The second-order valence-corrected chi connectivity index (χ2v) is 10.9. The van der Waals surface area contributed by atoms with E-state index in [0.717, 1.165) is 46.8 Å². The molecule has 0 fully saturated rings. The summed E-state index contributed by atoms with van der Waals surface area (Å²) >= 11 is 0. The summed E-state index contributed by atoms with van der Waals surface area (Å²) in [6.07, 6.45) is 3.48. The first kappa shape index (κ1) is 25.0. The van der Waals surface area contributed by atoms with Crippen LogP contribution >= 0.6 is 0 Å². The Hall–Kier alpha value is -3.62. The smallest absolute Gasteiger partial charge is 0.257 e. The van der Waals surface area contributed by atoms with Crippen LogP contribution in [0.15, 0.2) is 72.8 Å². The molecule has 3 aromatic rings. The maximum atomic E-state index is 12.0. The lowest BCUT2D eigenvalue weighted by molar-refractivity contribution is -0.114. The van der Waals surface area contributed by atoms with Crippen molar-refractivity contribution in [1.29, 1.82) is 0 Å². The minimum Gasteiger partial charge on any atom is -0.493 e. The van der Waals surface area contributed by atoms with E-state index in [1.54, 1.807) is 13.8 Å². The molecule has 8 heteroatoms. The standard InChI is InChI=1S/C29H29NO6S/c1-29(2,32)16-17-34-20-10-12-22(13-11-20)35-25-5-3-4-23-24(25)14-15-26(23)36-21-8-6-19(7-9-21)27-18-28(31)30-37(27)33/h3-13,18,26,32H,14-17H2,1-2H3,(H,30,31)/t26-,37?/m1/s1. The van der Waals surface area contributed by atoms with Gasteiger partial charge in [0.05, 0.1) is 17.1 Å². The summed E-state index contributed by atoms with van der Waals surface area (Å²) in [6, 6.07) is 20.8. The van der Waals surface area contributed by atoms with Gasteiger partial charge >= 0.3 is 0 Å². The van der Waals surface area contributed by atoms with E-state index in [9.17, 15) is 14.1 Å². The highest BCUT2D eigenvalue weighted by molar-refractivity contribution is 7.93. The maximum absolute atomic E-state index is 12.0. The molecule has 7 nitrogen and oxygen atoms in total. The molecule has 2 atom stereocenters. The topological polar surface area (TPSA) is 94.1 Å². The zero-order valence-electron chi connectivity index (χ0n) is 20.7. The minimum absolute atomic E-state index is 0.0981. The van der Waals surface area contributed by atoms with E-state index in [-0.39, 0.29) is 12.0 Å². The molecule has 5 rings (SSSR count). The summed E-state index contributed by atoms with van der Waals surface area (Å²) in [5, 5.41) is 9.82. The normalized spacial score (nSPS) is 18.7. The van der Waals surface area contributed by atoms with Gasteiger partial charge in [0.25, 0.3) is 5.91 Å². The first-order valence-corrected chi connectivity index (χ1v) is 13.4. The molecule has 1 amide bonds. The largest absolute Gasteiger partial charge is 0.493 e. The van der Waals surface area contributed by atoms with Crippen molar-refractivity contribution in [2.45, 2.75) is 44.8 Å². The number of hydrogen-bond acceptors (Lipinski definition) is 6. The van der Waals surface area contributed by atoms with Gasteiger partial charge in [-0.3, -0.25) is 9.52 Å². The van der Waals surface area contributed by atoms with Gasteiger partial charge in [-0.2, -0.15) is 0 Å². The molecule has 2 N–H and O–H groups in total. The van der Waals surface area contributed by atoms with E-state index in [1.807, 2.05) is 60.7 Å². The SMILES string of the molecule is CC(C)(O)CCOc1ccc(Oc2cccc3c2CC[C@H]3Oc2ccc(C3=CC(=O)NS3=O)cc2)cc1. The highest BCUT2D eigenvalue weighted by Gasteiger charge is 2.27.